The molecule has 0 saturated carbocycles. The number of hydrazone groups is 1. The second-order valence-electron chi connectivity index (χ2n) is 6.01. The van der Waals surface area contributed by atoms with Crippen molar-refractivity contribution in [2.75, 3.05) is 26.6 Å². The molecule has 8 nitrogen and oxygen atoms in total. The summed E-state index contributed by atoms with van der Waals surface area (Å²) in [6.45, 7) is 0. The van der Waals surface area contributed by atoms with Crippen LogP contribution in [0.2, 0.25) is 0 Å². The predicted molar refractivity (Wildman–Crippen MR) is 111 cm³/mol. The molecule has 2 amide bonds. The second-order valence-corrected chi connectivity index (χ2v) is 7.26. The van der Waals surface area contributed by atoms with Crippen LogP contribution in [0.15, 0.2) is 46.4 Å². The lowest BCUT2D eigenvalue weighted by Gasteiger charge is -2.23. The van der Waals surface area contributed by atoms with Crippen LogP contribution in [-0.4, -0.2) is 44.6 Å². The van der Waals surface area contributed by atoms with E-state index in [-0.39, 0.29) is 18.2 Å². The quantitative estimate of drug-likeness (QED) is 0.533. The first-order valence-electron chi connectivity index (χ1n) is 8.74. The Bertz CT molecular complexity index is 948. The molecule has 2 N–H and O–H groups in total. The summed E-state index contributed by atoms with van der Waals surface area (Å²) in [6.07, 6.45) is 1.45. The first-order valence-corrected chi connectivity index (χ1v) is 9.62. The highest BCUT2D eigenvalue weighted by Crippen LogP contribution is 2.39. The summed E-state index contributed by atoms with van der Waals surface area (Å²) in [4.78, 5) is 25.4. The van der Waals surface area contributed by atoms with Gasteiger partial charge in [-0.1, -0.05) is 12.1 Å². The minimum absolute atomic E-state index is 0.00520. The first kappa shape index (κ1) is 20.5. The van der Waals surface area contributed by atoms with E-state index in [1.165, 1.54) is 39.3 Å². The van der Waals surface area contributed by atoms with Crippen molar-refractivity contribution in [3.05, 3.63) is 42.0 Å². The van der Waals surface area contributed by atoms with Gasteiger partial charge in [-0.3, -0.25) is 9.59 Å². The molecule has 1 heterocycles. The molecule has 29 heavy (non-hydrogen) atoms. The number of amides is 2. The molecule has 0 saturated heterocycles. The molecule has 1 atom stereocenters. The summed E-state index contributed by atoms with van der Waals surface area (Å²) in [6, 6.07) is 10.9. The van der Waals surface area contributed by atoms with Crippen LogP contribution in [0.25, 0.3) is 0 Å². The Morgan fingerprint density at radius 1 is 1.14 bits per heavy atom. The lowest BCUT2D eigenvalue weighted by Crippen LogP contribution is -2.33. The SMILES string of the molecule is COc1ccc(C=NNC(=O)CC2Sc3ccccc3NC2=O)c(OC)c1OC. The Hall–Kier alpha value is -3.20. The number of carbonyl (C=O) groups is 2. The van der Waals surface area contributed by atoms with Gasteiger partial charge in [-0.15, -0.1) is 11.8 Å². The molecule has 0 fully saturated rings. The highest BCUT2D eigenvalue weighted by molar-refractivity contribution is 8.01. The molecule has 0 radical (unpaired) electrons. The minimum atomic E-state index is -0.518. The van der Waals surface area contributed by atoms with Crippen molar-refractivity contribution in [1.29, 1.82) is 0 Å². The monoisotopic (exact) mass is 415 g/mol. The number of thioether (sulfide) groups is 1. The zero-order valence-corrected chi connectivity index (χ0v) is 17.0. The molecule has 0 spiro atoms. The number of hydrogen-bond acceptors (Lipinski definition) is 7. The Labute approximate surface area is 172 Å². The summed E-state index contributed by atoms with van der Waals surface area (Å²) in [5.74, 6) is 0.816. The summed E-state index contributed by atoms with van der Waals surface area (Å²) >= 11 is 1.36. The standard InChI is InChI=1S/C20H21N3O5S/c1-26-14-9-8-12(18(27-2)19(14)28-3)11-21-23-17(24)10-16-20(25)22-13-6-4-5-7-15(13)29-16/h4-9,11,16H,10H2,1-3H3,(H,22,25)(H,23,24). The van der Waals surface area contributed by atoms with Crippen molar-refractivity contribution in [3.8, 4) is 17.2 Å². The molecular formula is C20H21N3O5S. The zero-order valence-electron chi connectivity index (χ0n) is 16.2. The summed E-state index contributed by atoms with van der Waals surface area (Å²) in [5.41, 5.74) is 3.81. The number of para-hydroxylation sites is 1. The average Bonchev–Trinajstić information content (AvgIpc) is 2.73. The third-order valence-electron chi connectivity index (χ3n) is 4.20. The maximum absolute atomic E-state index is 12.2. The molecule has 152 valence electrons. The number of methoxy groups -OCH3 is 3. The Balaban J connectivity index is 1.64. The fourth-order valence-electron chi connectivity index (χ4n) is 2.84. The van der Waals surface area contributed by atoms with Crippen molar-refractivity contribution in [2.24, 2.45) is 5.10 Å². The van der Waals surface area contributed by atoms with E-state index in [4.69, 9.17) is 14.2 Å². The molecule has 0 aromatic heterocycles. The van der Waals surface area contributed by atoms with Crippen molar-refractivity contribution in [1.82, 2.24) is 5.43 Å². The van der Waals surface area contributed by atoms with Gasteiger partial charge in [0.15, 0.2) is 11.5 Å². The third kappa shape index (κ3) is 4.62. The molecule has 9 heteroatoms. The van der Waals surface area contributed by atoms with Gasteiger partial charge in [-0.05, 0) is 24.3 Å². The number of fused-ring (bicyclic) bond motifs is 1. The topological polar surface area (TPSA) is 98.2 Å². The van der Waals surface area contributed by atoms with E-state index in [1.54, 1.807) is 12.1 Å². The van der Waals surface area contributed by atoms with E-state index in [9.17, 15) is 9.59 Å². The summed E-state index contributed by atoms with van der Waals surface area (Å²) in [7, 11) is 4.54. The van der Waals surface area contributed by atoms with Crippen molar-refractivity contribution in [3.63, 3.8) is 0 Å². The molecule has 1 unspecified atom stereocenters. The van der Waals surface area contributed by atoms with Gasteiger partial charge in [0.1, 0.15) is 0 Å². The summed E-state index contributed by atoms with van der Waals surface area (Å²) < 4.78 is 15.9. The maximum Gasteiger partial charge on any atom is 0.241 e. The van der Waals surface area contributed by atoms with Gasteiger partial charge in [0.2, 0.25) is 17.6 Å². The number of nitrogens with one attached hydrogen (secondary N) is 2. The van der Waals surface area contributed by atoms with Crippen LogP contribution in [0.4, 0.5) is 5.69 Å². The largest absolute Gasteiger partial charge is 0.493 e. The summed E-state index contributed by atoms with van der Waals surface area (Å²) in [5, 5.41) is 6.27. The van der Waals surface area contributed by atoms with Crippen LogP contribution in [0.5, 0.6) is 17.2 Å². The molecule has 2 aromatic carbocycles. The number of benzene rings is 2. The zero-order chi connectivity index (χ0) is 20.8. The second kappa shape index (κ2) is 9.33. The Morgan fingerprint density at radius 2 is 1.90 bits per heavy atom. The average molecular weight is 415 g/mol. The van der Waals surface area contributed by atoms with Crippen molar-refractivity contribution < 1.29 is 23.8 Å². The molecule has 1 aliphatic rings. The van der Waals surface area contributed by atoms with Gasteiger partial charge in [0, 0.05) is 16.9 Å². The molecule has 0 bridgehead atoms. The number of hydrogen-bond donors (Lipinski definition) is 2. The molecule has 1 aliphatic heterocycles. The normalized spacial score (nSPS) is 15.4. The highest BCUT2D eigenvalue weighted by Gasteiger charge is 2.28. The Morgan fingerprint density at radius 3 is 2.62 bits per heavy atom. The maximum atomic E-state index is 12.2. The van der Waals surface area contributed by atoms with E-state index in [1.807, 2.05) is 24.3 Å². The third-order valence-corrected chi connectivity index (χ3v) is 5.48. The number of rotatable bonds is 7. The van der Waals surface area contributed by atoms with Gasteiger partial charge in [-0.25, -0.2) is 5.43 Å². The van der Waals surface area contributed by atoms with Gasteiger partial charge in [0.25, 0.3) is 0 Å². The minimum Gasteiger partial charge on any atom is -0.493 e. The van der Waals surface area contributed by atoms with Gasteiger partial charge in [0.05, 0.1) is 38.5 Å². The first-order chi connectivity index (χ1) is 14.1. The van der Waals surface area contributed by atoms with Gasteiger partial charge >= 0.3 is 0 Å². The number of nitrogens with zero attached hydrogens (tertiary/aromatic N) is 1. The number of anilines is 1. The van der Waals surface area contributed by atoms with Gasteiger partial charge < -0.3 is 19.5 Å². The van der Waals surface area contributed by atoms with Crippen LogP contribution < -0.4 is 25.0 Å². The van der Waals surface area contributed by atoms with Crippen LogP contribution in [-0.2, 0) is 9.59 Å². The fourth-order valence-corrected chi connectivity index (χ4v) is 3.95. The number of ether oxygens (including phenoxy) is 3. The van der Waals surface area contributed by atoms with E-state index < -0.39 is 5.25 Å². The van der Waals surface area contributed by atoms with Crippen LogP contribution in [0.3, 0.4) is 0 Å². The van der Waals surface area contributed by atoms with Crippen molar-refractivity contribution >= 4 is 35.5 Å². The Kier molecular flexibility index (Phi) is 6.61. The predicted octanol–water partition coefficient (Wildman–Crippen LogP) is 2.67. The number of carbonyl (C=O) groups excluding carboxylic acids is 2. The van der Waals surface area contributed by atoms with Crippen molar-refractivity contribution in [2.45, 2.75) is 16.6 Å². The molecular weight excluding hydrogens is 394 g/mol. The molecule has 3 rings (SSSR count). The van der Waals surface area contributed by atoms with E-state index in [0.717, 1.165) is 10.6 Å². The fraction of sp³-hybridized carbons (Fsp3) is 0.250. The van der Waals surface area contributed by atoms with Crippen LogP contribution >= 0.6 is 11.8 Å². The van der Waals surface area contributed by atoms with Crippen LogP contribution in [0.1, 0.15) is 12.0 Å². The highest BCUT2D eigenvalue weighted by atomic mass is 32.2. The van der Waals surface area contributed by atoms with E-state index in [2.05, 4.69) is 15.8 Å². The lowest BCUT2D eigenvalue weighted by atomic mass is 10.2. The molecule has 2 aromatic rings. The molecule has 0 aliphatic carbocycles. The van der Waals surface area contributed by atoms with E-state index in [0.29, 0.717) is 22.8 Å². The van der Waals surface area contributed by atoms with E-state index >= 15 is 0 Å². The smallest absolute Gasteiger partial charge is 0.241 e. The van der Waals surface area contributed by atoms with Crippen LogP contribution in [0, 0.1) is 0 Å². The lowest BCUT2D eigenvalue weighted by molar-refractivity contribution is -0.124. The van der Waals surface area contributed by atoms with Gasteiger partial charge in [-0.2, -0.15) is 5.10 Å².